The number of carbonyl (C=O) groups excluding carboxylic acids is 1. The number of nitrogens with one attached hydrogen (secondary N) is 1. The van der Waals surface area contributed by atoms with Crippen LogP contribution in [-0.4, -0.2) is 37.0 Å². The van der Waals surface area contributed by atoms with Crippen molar-refractivity contribution in [1.82, 2.24) is 10.2 Å². The van der Waals surface area contributed by atoms with Gasteiger partial charge in [-0.2, -0.15) is 4.73 Å². The average molecular weight is 355 g/mol. The summed E-state index contributed by atoms with van der Waals surface area (Å²) >= 11 is 0. The second kappa shape index (κ2) is 9.20. The van der Waals surface area contributed by atoms with E-state index in [0.29, 0.717) is 29.9 Å². The summed E-state index contributed by atoms with van der Waals surface area (Å²) in [5.41, 5.74) is 1.63. The maximum absolute atomic E-state index is 11.9. The van der Waals surface area contributed by atoms with E-state index in [1.807, 2.05) is 12.1 Å². The molecule has 2 heterocycles. The first kappa shape index (κ1) is 18.2. The number of rotatable bonds is 8. The number of hydrogen-bond donors (Lipinski definition) is 1. The van der Waals surface area contributed by atoms with Crippen LogP contribution in [0.5, 0.6) is 5.75 Å². The van der Waals surface area contributed by atoms with Crippen LogP contribution >= 0.6 is 0 Å². The van der Waals surface area contributed by atoms with Crippen LogP contribution in [0.4, 0.5) is 0 Å². The minimum atomic E-state index is -0.247. The Labute approximate surface area is 154 Å². The zero-order chi connectivity index (χ0) is 18.2. The lowest BCUT2D eigenvalue weighted by molar-refractivity contribution is -0.605. The molecule has 1 amide bonds. The van der Waals surface area contributed by atoms with E-state index in [1.54, 1.807) is 12.1 Å². The Bertz CT molecular complexity index is 730. The smallest absolute Gasteiger partial charge is 0.257 e. The second-order valence-corrected chi connectivity index (χ2v) is 6.54. The third-order valence-electron chi connectivity index (χ3n) is 4.42. The fraction of sp³-hybridized carbons (Fsp3) is 0.400. The summed E-state index contributed by atoms with van der Waals surface area (Å²) in [5, 5.41) is 14.0. The van der Waals surface area contributed by atoms with Crippen molar-refractivity contribution in [1.29, 1.82) is 0 Å². The number of pyridine rings is 1. The molecule has 0 aliphatic carbocycles. The van der Waals surface area contributed by atoms with Crippen LogP contribution in [0.25, 0.3) is 0 Å². The summed E-state index contributed by atoms with van der Waals surface area (Å²) in [4.78, 5) is 14.4. The molecule has 1 aromatic heterocycles. The molecule has 0 saturated carbocycles. The van der Waals surface area contributed by atoms with Crippen LogP contribution in [0.3, 0.4) is 0 Å². The second-order valence-electron chi connectivity index (χ2n) is 6.54. The van der Waals surface area contributed by atoms with Gasteiger partial charge in [0.1, 0.15) is 11.3 Å². The van der Waals surface area contributed by atoms with Gasteiger partial charge in [-0.1, -0.05) is 12.1 Å². The first-order valence-corrected chi connectivity index (χ1v) is 9.12. The molecule has 1 N–H and O–H groups in total. The van der Waals surface area contributed by atoms with Gasteiger partial charge in [-0.05, 0) is 56.1 Å². The van der Waals surface area contributed by atoms with E-state index in [0.717, 1.165) is 12.3 Å². The van der Waals surface area contributed by atoms with Crippen LogP contribution in [-0.2, 0) is 6.54 Å². The third-order valence-corrected chi connectivity index (χ3v) is 4.42. The first-order valence-electron chi connectivity index (χ1n) is 9.12. The molecule has 138 valence electrons. The van der Waals surface area contributed by atoms with Gasteiger partial charge in [0.2, 0.25) is 0 Å². The molecule has 1 saturated heterocycles. The van der Waals surface area contributed by atoms with Gasteiger partial charge in [-0.3, -0.25) is 9.69 Å². The molecule has 0 radical (unpaired) electrons. The molecule has 1 fully saturated rings. The molecule has 26 heavy (non-hydrogen) atoms. The number of likely N-dealkylation sites (tertiary alicyclic amines) is 1. The monoisotopic (exact) mass is 355 g/mol. The minimum absolute atomic E-state index is 0.247. The number of hydrogen-bond acceptors (Lipinski definition) is 4. The fourth-order valence-corrected chi connectivity index (χ4v) is 3.09. The maximum atomic E-state index is 11.9. The summed E-state index contributed by atoms with van der Waals surface area (Å²) < 4.78 is 6.41. The van der Waals surface area contributed by atoms with Crippen molar-refractivity contribution in [2.24, 2.45) is 0 Å². The van der Waals surface area contributed by atoms with E-state index in [1.165, 1.54) is 43.9 Å². The van der Waals surface area contributed by atoms with Gasteiger partial charge in [0.15, 0.2) is 12.4 Å². The normalized spacial score (nSPS) is 14.3. The molecule has 0 spiro atoms. The van der Waals surface area contributed by atoms with Crippen LogP contribution in [0.1, 0.15) is 35.2 Å². The summed E-state index contributed by atoms with van der Waals surface area (Å²) in [6, 6.07) is 11.4. The summed E-state index contributed by atoms with van der Waals surface area (Å²) in [5.74, 6) is 0.617. The lowest BCUT2D eigenvalue weighted by Gasteiger charge is -2.15. The Kier molecular flexibility index (Phi) is 6.44. The number of carbonyl (C=O) groups is 1. The van der Waals surface area contributed by atoms with Crippen molar-refractivity contribution in [3.05, 3.63) is 65.1 Å². The molecular formula is C20H25N3O3. The molecule has 3 rings (SSSR count). The van der Waals surface area contributed by atoms with Crippen molar-refractivity contribution >= 4 is 5.91 Å². The molecule has 2 aromatic rings. The Morgan fingerprint density at radius 3 is 2.88 bits per heavy atom. The Hall–Kier alpha value is -2.60. The van der Waals surface area contributed by atoms with Gasteiger partial charge >= 0.3 is 0 Å². The molecule has 0 bridgehead atoms. The fourth-order valence-electron chi connectivity index (χ4n) is 3.09. The van der Waals surface area contributed by atoms with E-state index in [-0.39, 0.29) is 5.91 Å². The zero-order valence-corrected chi connectivity index (χ0v) is 14.9. The lowest BCUT2D eigenvalue weighted by Crippen LogP contribution is -2.30. The highest BCUT2D eigenvalue weighted by molar-refractivity contribution is 5.93. The Balaban J connectivity index is 1.37. The molecule has 6 nitrogen and oxygen atoms in total. The lowest BCUT2D eigenvalue weighted by atomic mass is 10.2. The highest BCUT2D eigenvalue weighted by Crippen LogP contribution is 2.17. The third kappa shape index (κ3) is 5.46. The standard InChI is InChI=1S/C20H25N3O3/c24-20(18-7-4-12-23(25)16-18)21-9-5-13-26-19-8-3-6-17(14-19)15-22-10-1-2-11-22/h3-4,6-8,12,14,16H,1-2,5,9-11,13,15H2,(H,21,24). The molecule has 0 atom stereocenters. The van der Waals surface area contributed by atoms with Gasteiger partial charge in [0.25, 0.3) is 5.91 Å². The Morgan fingerprint density at radius 1 is 1.23 bits per heavy atom. The molecular weight excluding hydrogens is 330 g/mol. The van der Waals surface area contributed by atoms with Crippen LogP contribution < -0.4 is 14.8 Å². The summed E-state index contributed by atoms with van der Waals surface area (Å²) in [6.07, 6.45) is 5.89. The van der Waals surface area contributed by atoms with Gasteiger partial charge in [-0.15, -0.1) is 0 Å². The SMILES string of the molecule is O=C(NCCCOc1cccc(CN2CCCC2)c1)c1ccc[n+]([O-])c1. The molecule has 1 aromatic carbocycles. The average Bonchev–Trinajstić information content (AvgIpc) is 3.14. The van der Waals surface area contributed by atoms with Crippen molar-refractivity contribution in [2.75, 3.05) is 26.2 Å². The summed E-state index contributed by atoms with van der Waals surface area (Å²) in [6.45, 7) is 4.37. The number of benzene rings is 1. The van der Waals surface area contributed by atoms with E-state index in [4.69, 9.17) is 4.74 Å². The highest BCUT2D eigenvalue weighted by Gasteiger charge is 2.12. The largest absolute Gasteiger partial charge is 0.619 e. The molecule has 0 unspecified atom stereocenters. The van der Waals surface area contributed by atoms with Crippen LogP contribution in [0, 0.1) is 5.21 Å². The van der Waals surface area contributed by atoms with E-state index >= 15 is 0 Å². The van der Waals surface area contributed by atoms with Crippen molar-refractivity contribution in [3.8, 4) is 5.75 Å². The van der Waals surface area contributed by atoms with Crippen molar-refractivity contribution in [3.63, 3.8) is 0 Å². The predicted molar refractivity (Wildman–Crippen MR) is 98.8 cm³/mol. The zero-order valence-electron chi connectivity index (χ0n) is 14.9. The van der Waals surface area contributed by atoms with E-state index in [9.17, 15) is 10.0 Å². The van der Waals surface area contributed by atoms with Gasteiger partial charge in [0.05, 0.1) is 6.61 Å². The number of aromatic nitrogens is 1. The Morgan fingerprint density at radius 2 is 2.08 bits per heavy atom. The van der Waals surface area contributed by atoms with Crippen LogP contribution in [0.15, 0.2) is 48.8 Å². The van der Waals surface area contributed by atoms with Crippen molar-refractivity contribution in [2.45, 2.75) is 25.8 Å². The molecule has 6 heteroatoms. The predicted octanol–water partition coefficient (Wildman–Crippen LogP) is 2.11. The molecule has 1 aliphatic heterocycles. The van der Waals surface area contributed by atoms with E-state index in [2.05, 4.69) is 22.3 Å². The maximum Gasteiger partial charge on any atom is 0.257 e. The topological polar surface area (TPSA) is 68.5 Å². The minimum Gasteiger partial charge on any atom is -0.619 e. The number of ether oxygens (including phenoxy) is 1. The molecule has 1 aliphatic rings. The van der Waals surface area contributed by atoms with Gasteiger partial charge in [-0.25, -0.2) is 0 Å². The highest BCUT2D eigenvalue weighted by atomic mass is 16.5. The first-order chi connectivity index (χ1) is 12.7. The number of amides is 1. The van der Waals surface area contributed by atoms with Gasteiger partial charge in [0, 0.05) is 19.2 Å². The van der Waals surface area contributed by atoms with Crippen LogP contribution in [0.2, 0.25) is 0 Å². The van der Waals surface area contributed by atoms with Crippen molar-refractivity contribution < 1.29 is 14.3 Å². The van der Waals surface area contributed by atoms with Gasteiger partial charge < -0.3 is 15.3 Å². The quantitative estimate of drug-likeness (QED) is 0.447. The van der Waals surface area contributed by atoms with E-state index < -0.39 is 0 Å². The summed E-state index contributed by atoms with van der Waals surface area (Å²) in [7, 11) is 0. The number of nitrogens with zero attached hydrogens (tertiary/aromatic N) is 2.